The van der Waals surface area contributed by atoms with Gasteiger partial charge in [-0.15, -0.1) is 0 Å². The number of aliphatic hydroxyl groups is 1. The summed E-state index contributed by atoms with van der Waals surface area (Å²) in [5.41, 5.74) is 4.97. The number of aromatic nitrogens is 1. The van der Waals surface area contributed by atoms with E-state index in [1.165, 1.54) is 17.3 Å². The van der Waals surface area contributed by atoms with Gasteiger partial charge in [-0.05, 0) is 73.0 Å². The fourth-order valence-electron chi connectivity index (χ4n) is 6.79. The van der Waals surface area contributed by atoms with Crippen LogP contribution in [-0.2, 0) is 0 Å². The third-order valence-corrected chi connectivity index (χ3v) is 8.45. The number of hydrogen-bond donors (Lipinski definition) is 1. The lowest BCUT2D eigenvalue weighted by molar-refractivity contribution is 0.0369. The standard InChI is InChI=1S/C25H29F2NO/c1-24-9-7-18(29)12-17(24)3-4-19-21-6-5-20(25(21,2)10-8-22(19)24)15-11-16(23(26)27)14-28-13-15/h3,5-6,11,13-14,18-19,22-23,29H,4,7-10,12H2,1-2H3/t18-,19-,22?,24-,25+/m0/s1. The number of hydrogen-bond acceptors (Lipinski definition) is 2. The summed E-state index contributed by atoms with van der Waals surface area (Å²) < 4.78 is 26.4. The van der Waals surface area contributed by atoms with E-state index in [1.54, 1.807) is 12.3 Å². The lowest BCUT2D eigenvalue weighted by atomic mass is 9.49. The molecule has 0 bridgehead atoms. The van der Waals surface area contributed by atoms with Gasteiger partial charge in [0.15, 0.2) is 0 Å². The summed E-state index contributed by atoms with van der Waals surface area (Å²) in [6, 6.07) is 1.61. The molecule has 0 aromatic carbocycles. The summed E-state index contributed by atoms with van der Waals surface area (Å²) in [5, 5.41) is 10.2. The van der Waals surface area contributed by atoms with E-state index >= 15 is 0 Å². The van der Waals surface area contributed by atoms with E-state index < -0.39 is 6.43 Å². The molecule has 1 heterocycles. The van der Waals surface area contributed by atoms with Gasteiger partial charge in [-0.3, -0.25) is 4.98 Å². The maximum absolute atomic E-state index is 13.2. The molecule has 1 N–H and O–H groups in total. The number of pyridine rings is 1. The van der Waals surface area contributed by atoms with Gasteiger partial charge in [0.05, 0.1) is 6.10 Å². The molecule has 0 spiro atoms. The van der Waals surface area contributed by atoms with Crippen LogP contribution in [0.15, 0.2) is 47.8 Å². The molecule has 0 amide bonds. The van der Waals surface area contributed by atoms with Crippen molar-refractivity contribution in [3.63, 3.8) is 0 Å². The summed E-state index contributed by atoms with van der Waals surface area (Å²) in [5.74, 6) is 1.10. The van der Waals surface area contributed by atoms with Crippen LogP contribution in [0.2, 0.25) is 0 Å². The molecule has 1 unspecified atom stereocenters. The van der Waals surface area contributed by atoms with Gasteiger partial charge in [0.25, 0.3) is 6.43 Å². The molecule has 5 rings (SSSR count). The largest absolute Gasteiger partial charge is 0.393 e. The summed E-state index contributed by atoms with van der Waals surface area (Å²) in [6.07, 6.45) is 13.1. The second kappa shape index (κ2) is 6.60. The first-order chi connectivity index (χ1) is 13.8. The fourth-order valence-corrected chi connectivity index (χ4v) is 6.79. The van der Waals surface area contributed by atoms with Crippen molar-refractivity contribution < 1.29 is 13.9 Å². The van der Waals surface area contributed by atoms with Crippen LogP contribution in [0, 0.1) is 22.7 Å². The number of nitrogens with zero attached hydrogens (tertiary/aromatic N) is 1. The van der Waals surface area contributed by atoms with Crippen molar-refractivity contribution in [1.29, 1.82) is 0 Å². The van der Waals surface area contributed by atoms with Crippen molar-refractivity contribution in [2.24, 2.45) is 22.7 Å². The van der Waals surface area contributed by atoms with Crippen LogP contribution in [0.25, 0.3) is 5.57 Å². The number of aliphatic hydroxyl groups excluding tert-OH is 1. The normalized spacial score (nSPS) is 38.6. The van der Waals surface area contributed by atoms with Gasteiger partial charge in [0, 0.05) is 23.4 Å². The highest BCUT2D eigenvalue weighted by Gasteiger charge is 2.54. The Hall–Kier alpha value is -1.81. The van der Waals surface area contributed by atoms with Gasteiger partial charge in [-0.1, -0.05) is 43.2 Å². The van der Waals surface area contributed by atoms with Gasteiger partial charge >= 0.3 is 0 Å². The molecule has 0 radical (unpaired) electrons. The molecule has 2 fully saturated rings. The molecule has 4 aliphatic carbocycles. The van der Waals surface area contributed by atoms with Crippen molar-refractivity contribution in [3.05, 3.63) is 59.0 Å². The minimum absolute atomic E-state index is 0.00680. The Morgan fingerprint density at radius 2 is 1.97 bits per heavy atom. The Morgan fingerprint density at radius 1 is 1.14 bits per heavy atom. The predicted molar refractivity (Wildman–Crippen MR) is 110 cm³/mol. The van der Waals surface area contributed by atoms with Gasteiger partial charge in [0.2, 0.25) is 0 Å². The molecule has 4 aliphatic rings. The van der Waals surface area contributed by atoms with Crippen LogP contribution < -0.4 is 0 Å². The zero-order valence-electron chi connectivity index (χ0n) is 17.2. The number of alkyl halides is 2. The maximum Gasteiger partial charge on any atom is 0.265 e. The van der Waals surface area contributed by atoms with Crippen LogP contribution in [0.5, 0.6) is 0 Å². The Bertz CT molecular complexity index is 933. The Balaban J connectivity index is 1.47. The van der Waals surface area contributed by atoms with Crippen LogP contribution in [-0.4, -0.2) is 16.2 Å². The van der Waals surface area contributed by atoms with Crippen LogP contribution in [0.4, 0.5) is 8.78 Å². The molecule has 4 heteroatoms. The van der Waals surface area contributed by atoms with Crippen LogP contribution in [0.3, 0.4) is 0 Å². The molecule has 1 aromatic rings. The molecular formula is C25H29F2NO. The van der Waals surface area contributed by atoms with Gasteiger partial charge in [-0.2, -0.15) is 0 Å². The molecule has 154 valence electrons. The van der Waals surface area contributed by atoms with Crippen molar-refractivity contribution in [3.8, 4) is 0 Å². The smallest absolute Gasteiger partial charge is 0.265 e. The van der Waals surface area contributed by atoms with E-state index in [9.17, 15) is 13.9 Å². The highest BCUT2D eigenvalue weighted by Crippen LogP contribution is 2.64. The number of halogens is 2. The van der Waals surface area contributed by atoms with Gasteiger partial charge in [0.1, 0.15) is 0 Å². The van der Waals surface area contributed by atoms with E-state index in [4.69, 9.17) is 0 Å². The highest BCUT2D eigenvalue weighted by molar-refractivity contribution is 5.78. The number of fused-ring (bicyclic) bond motifs is 5. The van der Waals surface area contributed by atoms with Crippen molar-refractivity contribution in [1.82, 2.24) is 4.98 Å². The zero-order chi connectivity index (χ0) is 20.4. The monoisotopic (exact) mass is 397 g/mol. The van der Waals surface area contributed by atoms with Crippen LogP contribution in [0.1, 0.15) is 69.9 Å². The van der Waals surface area contributed by atoms with Crippen molar-refractivity contribution in [2.75, 3.05) is 0 Å². The maximum atomic E-state index is 13.2. The van der Waals surface area contributed by atoms with Crippen molar-refractivity contribution >= 4 is 5.57 Å². The average molecular weight is 398 g/mol. The van der Waals surface area contributed by atoms with E-state index in [1.807, 2.05) is 0 Å². The van der Waals surface area contributed by atoms with E-state index in [2.05, 4.69) is 37.1 Å². The number of rotatable bonds is 2. The quantitative estimate of drug-likeness (QED) is 0.598. The summed E-state index contributed by atoms with van der Waals surface area (Å²) in [7, 11) is 0. The lowest BCUT2D eigenvalue weighted by Gasteiger charge is -2.56. The lowest BCUT2D eigenvalue weighted by Crippen LogP contribution is -2.47. The zero-order valence-corrected chi connectivity index (χ0v) is 17.2. The third kappa shape index (κ3) is 2.78. The molecule has 1 aromatic heterocycles. The topological polar surface area (TPSA) is 33.1 Å². The molecule has 2 nitrogen and oxygen atoms in total. The molecule has 2 saturated carbocycles. The molecule has 0 saturated heterocycles. The number of allylic oxidation sites excluding steroid dienone is 5. The SMILES string of the molecule is C[C@]12CCC3[C@@H](CC=C4C[C@@H](O)CC[C@@]43C)C1=CC=C2c1cncc(C(F)F)c1. The Labute approximate surface area is 171 Å². The second-order valence-corrected chi connectivity index (χ2v) is 9.87. The third-order valence-electron chi connectivity index (χ3n) is 8.45. The van der Waals surface area contributed by atoms with Crippen molar-refractivity contribution in [2.45, 2.75) is 64.9 Å². The Morgan fingerprint density at radius 3 is 2.76 bits per heavy atom. The first-order valence-corrected chi connectivity index (χ1v) is 10.9. The molecule has 5 atom stereocenters. The van der Waals surface area contributed by atoms with E-state index in [0.717, 1.165) is 49.7 Å². The molecule has 29 heavy (non-hydrogen) atoms. The Kier molecular flexibility index (Phi) is 4.36. The van der Waals surface area contributed by atoms with E-state index in [0.29, 0.717) is 11.8 Å². The van der Waals surface area contributed by atoms with Gasteiger partial charge in [-0.25, -0.2) is 8.78 Å². The molecular weight excluding hydrogens is 368 g/mol. The first-order valence-electron chi connectivity index (χ1n) is 10.9. The fraction of sp³-hybridized carbons (Fsp3) is 0.560. The highest BCUT2D eigenvalue weighted by atomic mass is 19.3. The van der Waals surface area contributed by atoms with Crippen LogP contribution >= 0.6 is 0 Å². The minimum Gasteiger partial charge on any atom is -0.393 e. The predicted octanol–water partition coefficient (Wildman–Crippen LogP) is 6.26. The summed E-state index contributed by atoms with van der Waals surface area (Å²) in [6.45, 7) is 4.69. The minimum atomic E-state index is -2.50. The van der Waals surface area contributed by atoms with Gasteiger partial charge < -0.3 is 5.11 Å². The average Bonchev–Trinajstić information content (AvgIpc) is 3.06. The summed E-state index contributed by atoms with van der Waals surface area (Å²) in [4.78, 5) is 4.10. The molecule has 0 aliphatic heterocycles. The first kappa shape index (κ1) is 19.2. The summed E-state index contributed by atoms with van der Waals surface area (Å²) >= 11 is 0. The van der Waals surface area contributed by atoms with E-state index in [-0.39, 0.29) is 22.5 Å². The second-order valence-electron chi connectivity index (χ2n) is 9.87.